The number of nitrogens with zero attached hydrogens (tertiary/aromatic N) is 4. The van der Waals surface area contributed by atoms with Gasteiger partial charge in [-0.3, -0.25) is 14.2 Å². The van der Waals surface area contributed by atoms with Gasteiger partial charge in [0.25, 0.3) is 5.56 Å². The number of rotatable bonds is 5. The fraction of sp³-hybridized carbons (Fsp3) is 0.379. The van der Waals surface area contributed by atoms with Gasteiger partial charge in [0.1, 0.15) is 18.2 Å². The highest BCUT2D eigenvalue weighted by Crippen LogP contribution is 2.46. The van der Waals surface area contributed by atoms with Gasteiger partial charge in [0.2, 0.25) is 5.91 Å². The van der Waals surface area contributed by atoms with Crippen molar-refractivity contribution in [3.05, 3.63) is 65.2 Å². The maximum Gasteiger partial charge on any atom is 0.253 e. The van der Waals surface area contributed by atoms with Crippen molar-refractivity contribution >= 4 is 22.5 Å². The topological polar surface area (TPSA) is 78.2 Å². The zero-order valence-electron chi connectivity index (χ0n) is 22.1. The number of carbonyl (C=O) groups is 1. The second-order valence-corrected chi connectivity index (χ2v) is 10.5. The Kier molecular flexibility index (Phi) is 6.65. The van der Waals surface area contributed by atoms with Crippen molar-refractivity contribution in [3.63, 3.8) is 0 Å². The number of likely N-dealkylation sites (N-methyl/N-ethyl adjacent to an activating group) is 1. The van der Waals surface area contributed by atoms with E-state index in [1.54, 1.807) is 21.6 Å². The maximum atomic E-state index is 15.0. The number of carbonyl (C=O) groups excluding carboxylic acids is 1. The van der Waals surface area contributed by atoms with Gasteiger partial charge in [-0.05, 0) is 58.3 Å². The third kappa shape index (κ3) is 4.20. The molecule has 0 unspecified atom stereocenters. The lowest BCUT2D eigenvalue weighted by Crippen LogP contribution is -2.58. The van der Waals surface area contributed by atoms with Gasteiger partial charge in [0.15, 0.2) is 5.75 Å². The third-order valence-electron chi connectivity index (χ3n) is 7.52. The molecule has 3 heterocycles. The van der Waals surface area contributed by atoms with Crippen LogP contribution in [0, 0.1) is 5.82 Å². The van der Waals surface area contributed by atoms with Crippen LogP contribution in [0.1, 0.15) is 19.9 Å². The molecule has 1 saturated heterocycles. The molecule has 2 aromatic carbocycles. The van der Waals surface area contributed by atoms with E-state index in [0.29, 0.717) is 36.5 Å². The number of phenolic OH excluding ortho intramolecular Hbond substituents is 1. The minimum Gasteiger partial charge on any atom is -0.507 e. The van der Waals surface area contributed by atoms with E-state index in [-0.39, 0.29) is 47.5 Å². The van der Waals surface area contributed by atoms with E-state index < -0.39 is 5.82 Å². The van der Waals surface area contributed by atoms with Gasteiger partial charge in [0, 0.05) is 48.7 Å². The molecular weight excluding hydrogens is 487 g/mol. The zero-order valence-corrected chi connectivity index (χ0v) is 22.1. The minimum atomic E-state index is -0.574. The molecule has 1 aromatic heterocycles. The van der Waals surface area contributed by atoms with E-state index in [1.165, 1.54) is 24.3 Å². The molecule has 1 fully saturated rings. The first-order valence-corrected chi connectivity index (χ1v) is 12.8. The number of ether oxygens (including phenoxy) is 1. The predicted molar refractivity (Wildman–Crippen MR) is 147 cm³/mol. The van der Waals surface area contributed by atoms with Crippen molar-refractivity contribution in [1.82, 2.24) is 14.4 Å². The number of piperazine rings is 1. The van der Waals surface area contributed by atoms with Crippen molar-refractivity contribution in [2.24, 2.45) is 0 Å². The highest BCUT2D eigenvalue weighted by Gasteiger charge is 2.35. The summed E-state index contributed by atoms with van der Waals surface area (Å²) in [6, 6.07) is 9.05. The number of halogens is 1. The highest BCUT2D eigenvalue weighted by atomic mass is 19.1. The highest BCUT2D eigenvalue weighted by molar-refractivity contribution is 6.01. The average Bonchev–Trinajstić information content (AvgIpc) is 2.87. The van der Waals surface area contributed by atoms with Crippen LogP contribution >= 0.6 is 0 Å². The van der Waals surface area contributed by atoms with Crippen LogP contribution < -0.4 is 15.2 Å². The molecule has 38 heavy (non-hydrogen) atoms. The standard InChI is InChI=1S/C29H33FN4O4/c1-6-25(36)33-14-17(2)32(13-18(33)3)23-12-26(37)34-19(15-31(4)5)16-38-29-21(11-10-20(23)28(29)34)27-22(30)8-7-9-24(27)35/h6-12,17-19,35H,1,13-16H2,2-5H3/t17-,18+,19-/m0/s1. The van der Waals surface area contributed by atoms with Gasteiger partial charge in [-0.15, -0.1) is 0 Å². The molecule has 9 heteroatoms. The number of amides is 1. The van der Waals surface area contributed by atoms with Crippen LogP contribution in [0.2, 0.25) is 0 Å². The first-order chi connectivity index (χ1) is 18.1. The van der Waals surface area contributed by atoms with Gasteiger partial charge in [-0.2, -0.15) is 0 Å². The number of pyridine rings is 1. The first kappa shape index (κ1) is 25.8. The third-order valence-corrected chi connectivity index (χ3v) is 7.52. The summed E-state index contributed by atoms with van der Waals surface area (Å²) >= 11 is 0. The van der Waals surface area contributed by atoms with Gasteiger partial charge >= 0.3 is 0 Å². The summed E-state index contributed by atoms with van der Waals surface area (Å²) in [5.41, 5.74) is 1.58. The van der Waals surface area contributed by atoms with Crippen molar-refractivity contribution < 1.29 is 19.0 Å². The second-order valence-electron chi connectivity index (χ2n) is 10.5. The summed E-state index contributed by atoms with van der Waals surface area (Å²) < 4.78 is 23.0. The number of phenols is 1. The number of benzene rings is 2. The van der Waals surface area contributed by atoms with E-state index >= 15 is 0 Å². The molecule has 2 aliphatic heterocycles. The molecule has 3 aromatic rings. The van der Waals surface area contributed by atoms with Gasteiger partial charge in [-0.1, -0.05) is 12.6 Å². The van der Waals surface area contributed by atoms with Crippen LogP contribution in [0.4, 0.5) is 10.1 Å². The number of hydrogen-bond donors (Lipinski definition) is 1. The Morgan fingerprint density at radius 3 is 2.66 bits per heavy atom. The maximum absolute atomic E-state index is 15.0. The molecule has 0 radical (unpaired) electrons. The number of aromatic hydroxyl groups is 1. The number of hydrogen-bond acceptors (Lipinski definition) is 6. The molecule has 3 atom stereocenters. The lowest BCUT2D eigenvalue weighted by Gasteiger charge is -2.45. The van der Waals surface area contributed by atoms with Crippen LogP contribution in [0.5, 0.6) is 11.5 Å². The van der Waals surface area contributed by atoms with Crippen LogP contribution in [-0.4, -0.2) is 77.8 Å². The monoisotopic (exact) mass is 520 g/mol. The number of anilines is 1. The first-order valence-electron chi connectivity index (χ1n) is 12.8. The molecule has 2 aliphatic rings. The Hall–Kier alpha value is -3.85. The Labute approximate surface area is 221 Å². The smallest absolute Gasteiger partial charge is 0.253 e. The van der Waals surface area contributed by atoms with E-state index in [4.69, 9.17) is 4.74 Å². The summed E-state index contributed by atoms with van der Waals surface area (Å²) in [6.45, 7) is 9.47. The molecule has 0 saturated carbocycles. The molecule has 0 aliphatic carbocycles. The quantitative estimate of drug-likeness (QED) is 0.518. The summed E-state index contributed by atoms with van der Waals surface area (Å²) in [5.74, 6) is -0.515. The van der Waals surface area contributed by atoms with Crippen LogP contribution in [0.3, 0.4) is 0 Å². The van der Waals surface area contributed by atoms with Crippen LogP contribution in [-0.2, 0) is 4.79 Å². The minimum absolute atomic E-state index is 0.0402. The predicted octanol–water partition coefficient (Wildman–Crippen LogP) is 3.62. The van der Waals surface area contributed by atoms with Crippen LogP contribution in [0.25, 0.3) is 22.0 Å². The molecule has 0 spiro atoms. The van der Waals surface area contributed by atoms with E-state index in [2.05, 4.69) is 11.5 Å². The average molecular weight is 521 g/mol. The summed E-state index contributed by atoms with van der Waals surface area (Å²) in [7, 11) is 3.88. The second kappa shape index (κ2) is 9.79. The molecule has 0 bridgehead atoms. The van der Waals surface area contributed by atoms with Crippen molar-refractivity contribution in [1.29, 1.82) is 0 Å². The molecular formula is C29H33FN4O4. The summed E-state index contributed by atoms with van der Waals surface area (Å²) in [4.78, 5) is 32.1. The van der Waals surface area contributed by atoms with E-state index in [0.717, 1.165) is 11.1 Å². The Morgan fingerprint density at radius 1 is 1.21 bits per heavy atom. The van der Waals surface area contributed by atoms with Gasteiger partial charge in [0.05, 0.1) is 22.8 Å². The lowest BCUT2D eigenvalue weighted by molar-refractivity contribution is -0.128. The summed E-state index contributed by atoms with van der Waals surface area (Å²) in [6.07, 6.45) is 1.33. The normalized spacial score (nSPS) is 21.1. The van der Waals surface area contributed by atoms with Crippen molar-refractivity contribution in [2.75, 3.05) is 45.2 Å². The van der Waals surface area contributed by atoms with Gasteiger partial charge in [-0.25, -0.2) is 4.39 Å². The SMILES string of the molecule is C=CC(=O)N1C[C@H](C)N(c2cc(=O)n3c4c(c(-c5c(O)cccc5F)ccc24)OC[C@@H]3CN(C)C)C[C@H]1C. The molecule has 5 rings (SSSR count). The Morgan fingerprint density at radius 2 is 1.97 bits per heavy atom. The van der Waals surface area contributed by atoms with Crippen LogP contribution in [0.15, 0.2) is 53.8 Å². The van der Waals surface area contributed by atoms with Crippen molar-refractivity contribution in [3.8, 4) is 22.6 Å². The lowest BCUT2D eigenvalue weighted by atomic mass is 9.97. The van der Waals surface area contributed by atoms with Crippen molar-refractivity contribution in [2.45, 2.75) is 32.0 Å². The zero-order chi connectivity index (χ0) is 27.3. The Bertz CT molecular complexity index is 1460. The molecule has 1 amide bonds. The fourth-order valence-corrected chi connectivity index (χ4v) is 5.81. The van der Waals surface area contributed by atoms with E-state index in [1.807, 2.05) is 38.9 Å². The molecule has 8 nitrogen and oxygen atoms in total. The largest absolute Gasteiger partial charge is 0.507 e. The molecule has 1 N–H and O–H groups in total. The summed E-state index contributed by atoms with van der Waals surface area (Å²) in [5, 5.41) is 11.3. The molecule has 200 valence electrons. The Balaban J connectivity index is 1.74. The fourth-order valence-electron chi connectivity index (χ4n) is 5.81. The van der Waals surface area contributed by atoms with E-state index in [9.17, 15) is 19.1 Å². The number of aromatic nitrogens is 1. The van der Waals surface area contributed by atoms with Gasteiger partial charge < -0.3 is 24.5 Å².